The first kappa shape index (κ1) is 9.69. The predicted molar refractivity (Wildman–Crippen MR) is 21.9 cm³/mol. The fraction of sp³-hybridized carbons (Fsp3) is 1.00. The van der Waals surface area contributed by atoms with Gasteiger partial charge in [-0.2, -0.15) is 0 Å². The number of aliphatic hydroxyl groups excluding tert-OH is 1. The number of aliphatic hydroxyl groups is 1. The van der Waals surface area contributed by atoms with E-state index in [0.29, 0.717) is 12.5 Å². The van der Waals surface area contributed by atoms with Crippen molar-refractivity contribution in [2.45, 2.75) is 13.8 Å². The molecule has 41 valence electrons. The molecule has 0 aromatic heterocycles. The molecule has 0 aliphatic heterocycles. The molecule has 0 saturated heterocycles. The Morgan fingerprint density at radius 2 is 1.67 bits per heavy atom. The maximum absolute atomic E-state index is 8.14. The van der Waals surface area contributed by atoms with Gasteiger partial charge in [-0.15, -0.1) is 0 Å². The van der Waals surface area contributed by atoms with Gasteiger partial charge in [0.05, 0.1) is 0 Å². The third-order valence-corrected chi connectivity index (χ3v) is 0.365. The second-order valence-corrected chi connectivity index (χ2v) is 1.58. The van der Waals surface area contributed by atoms with Crippen LogP contribution >= 0.6 is 0 Å². The Hall–Kier alpha value is 0.466. The molecule has 2 heteroatoms. The van der Waals surface area contributed by atoms with E-state index in [-0.39, 0.29) is 16.8 Å². The molecule has 1 radical (unpaired) electrons. The van der Waals surface area contributed by atoms with E-state index in [1.165, 1.54) is 0 Å². The minimum Gasteiger partial charge on any atom is -0.396 e. The average molecular weight is 133 g/mol. The Balaban J connectivity index is 0. The van der Waals surface area contributed by atoms with Crippen molar-refractivity contribution in [2.24, 2.45) is 5.92 Å². The quantitative estimate of drug-likeness (QED) is 0.556. The minimum atomic E-state index is 0. The fourth-order valence-electron chi connectivity index (χ4n) is 0. The van der Waals surface area contributed by atoms with Gasteiger partial charge in [0.15, 0.2) is 0 Å². The molecular weight excluding hydrogens is 123 g/mol. The molecule has 0 aliphatic rings. The summed E-state index contributed by atoms with van der Waals surface area (Å²) in [6.07, 6.45) is 0. The third kappa shape index (κ3) is 8.82. The molecule has 0 unspecified atom stereocenters. The van der Waals surface area contributed by atoms with Crippen LogP contribution in [0.1, 0.15) is 13.8 Å². The van der Waals surface area contributed by atoms with Gasteiger partial charge in [0.25, 0.3) is 0 Å². The van der Waals surface area contributed by atoms with E-state index in [1.807, 2.05) is 13.8 Å². The average Bonchev–Trinajstić information content (AvgIpc) is 1.38. The molecule has 0 rings (SSSR count). The van der Waals surface area contributed by atoms with Crippen LogP contribution in [0.15, 0.2) is 0 Å². The van der Waals surface area contributed by atoms with Crippen molar-refractivity contribution in [1.29, 1.82) is 0 Å². The first-order valence-electron chi connectivity index (χ1n) is 1.88. The van der Waals surface area contributed by atoms with Gasteiger partial charge in [0.2, 0.25) is 0 Å². The number of hydrogen-bond donors (Lipinski definition) is 1. The standard InChI is InChI=1S/C4H10O.Co/c1-4(2)3-5;/h4-5H,3H2,1-2H3;. The van der Waals surface area contributed by atoms with Gasteiger partial charge in [0.1, 0.15) is 0 Å². The maximum Gasteiger partial charge on any atom is 0.0453 e. The van der Waals surface area contributed by atoms with Crippen LogP contribution in [0.5, 0.6) is 0 Å². The van der Waals surface area contributed by atoms with E-state index in [2.05, 4.69) is 0 Å². The SMILES string of the molecule is CC(C)CO.[Co]. The second kappa shape index (κ2) is 5.47. The van der Waals surface area contributed by atoms with Crippen LogP contribution in [0, 0.1) is 5.92 Å². The van der Waals surface area contributed by atoms with Crippen molar-refractivity contribution >= 4 is 0 Å². The molecule has 0 atom stereocenters. The van der Waals surface area contributed by atoms with Crippen molar-refractivity contribution in [3.63, 3.8) is 0 Å². The van der Waals surface area contributed by atoms with Crippen molar-refractivity contribution in [2.75, 3.05) is 6.61 Å². The molecule has 0 aromatic carbocycles. The first-order chi connectivity index (χ1) is 2.27. The maximum atomic E-state index is 8.14. The van der Waals surface area contributed by atoms with Crippen LogP contribution in [0.25, 0.3) is 0 Å². The molecule has 0 spiro atoms. The summed E-state index contributed by atoms with van der Waals surface area (Å²) in [4.78, 5) is 0. The van der Waals surface area contributed by atoms with Crippen molar-refractivity contribution in [3.8, 4) is 0 Å². The largest absolute Gasteiger partial charge is 0.396 e. The van der Waals surface area contributed by atoms with E-state index in [0.717, 1.165) is 0 Å². The van der Waals surface area contributed by atoms with Gasteiger partial charge in [-0.25, -0.2) is 0 Å². The summed E-state index contributed by atoms with van der Waals surface area (Å²) in [5, 5.41) is 8.14. The molecule has 6 heavy (non-hydrogen) atoms. The summed E-state index contributed by atoms with van der Waals surface area (Å²) in [5.74, 6) is 0.440. The molecule has 0 saturated carbocycles. The molecule has 1 N–H and O–H groups in total. The molecular formula is C4H10CoO. The van der Waals surface area contributed by atoms with E-state index in [1.54, 1.807) is 0 Å². The molecule has 0 aromatic rings. The molecule has 0 fully saturated rings. The Morgan fingerprint density at radius 3 is 1.67 bits per heavy atom. The van der Waals surface area contributed by atoms with Gasteiger partial charge in [-0.05, 0) is 5.92 Å². The Bertz CT molecular complexity index is 21.5. The monoisotopic (exact) mass is 133 g/mol. The van der Waals surface area contributed by atoms with Gasteiger partial charge in [0, 0.05) is 23.4 Å². The van der Waals surface area contributed by atoms with E-state index in [9.17, 15) is 0 Å². The molecule has 0 aliphatic carbocycles. The van der Waals surface area contributed by atoms with Gasteiger partial charge < -0.3 is 5.11 Å². The summed E-state index contributed by atoms with van der Waals surface area (Å²) < 4.78 is 0. The van der Waals surface area contributed by atoms with Crippen molar-refractivity contribution < 1.29 is 21.9 Å². The zero-order valence-electron chi connectivity index (χ0n) is 4.07. The van der Waals surface area contributed by atoms with Gasteiger partial charge >= 0.3 is 0 Å². The Labute approximate surface area is 48.9 Å². The molecule has 1 nitrogen and oxygen atoms in total. The summed E-state index contributed by atoms with van der Waals surface area (Å²) in [6, 6.07) is 0. The van der Waals surface area contributed by atoms with Crippen LogP contribution < -0.4 is 0 Å². The van der Waals surface area contributed by atoms with Crippen molar-refractivity contribution in [3.05, 3.63) is 0 Å². The Morgan fingerprint density at radius 1 is 1.50 bits per heavy atom. The second-order valence-electron chi connectivity index (χ2n) is 1.58. The number of rotatable bonds is 1. The van der Waals surface area contributed by atoms with Crippen LogP contribution in [0.4, 0.5) is 0 Å². The Kier molecular flexibility index (Phi) is 8.82. The topological polar surface area (TPSA) is 20.2 Å². The summed E-state index contributed by atoms with van der Waals surface area (Å²) in [6.45, 7) is 4.25. The zero-order chi connectivity index (χ0) is 4.28. The van der Waals surface area contributed by atoms with Crippen LogP contribution in [0.3, 0.4) is 0 Å². The van der Waals surface area contributed by atoms with Gasteiger partial charge in [-0.1, -0.05) is 13.8 Å². The molecule has 0 bridgehead atoms. The van der Waals surface area contributed by atoms with Crippen molar-refractivity contribution in [1.82, 2.24) is 0 Å². The predicted octanol–water partition coefficient (Wildman–Crippen LogP) is 0.632. The minimum absolute atomic E-state index is 0. The summed E-state index contributed by atoms with van der Waals surface area (Å²) in [5.41, 5.74) is 0. The van der Waals surface area contributed by atoms with Gasteiger partial charge in [-0.3, -0.25) is 0 Å². The van der Waals surface area contributed by atoms with E-state index in [4.69, 9.17) is 5.11 Å². The number of hydrogen-bond acceptors (Lipinski definition) is 1. The molecule has 0 heterocycles. The smallest absolute Gasteiger partial charge is 0.0453 e. The zero-order valence-corrected chi connectivity index (χ0v) is 5.11. The third-order valence-electron chi connectivity index (χ3n) is 0.365. The normalized spacial score (nSPS) is 8.00. The van der Waals surface area contributed by atoms with E-state index < -0.39 is 0 Å². The summed E-state index contributed by atoms with van der Waals surface area (Å²) >= 11 is 0. The van der Waals surface area contributed by atoms with Crippen LogP contribution in [0.2, 0.25) is 0 Å². The molecule has 0 amide bonds. The van der Waals surface area contributed by atoms with E-state index >= 15 is 0 Å². The van der Waals surface area contributed by atoms with Crippen LogP contribution in [-0.2, 0) is 16.8 Å². The fourth-order valence-corrected chi connectivity index (χ4v) is 0. The summed E-state index contributed by atoms with van der Waals surface area (Å²) in [7, 11) is 0. The van der Waals surface area contributed by atoms with Crippen LogP contribution in [-0.4, -0.2) is 11.7 Å². The first-order valence-corrected chi connectivity index (χ1v) is 1.88.